The Bertz CT molecular complexity index is 793. The summed E-state index contributed by atoms with van der Waals surface area (Å²) in [4.78, 5) is 18.4. The molecule has 0 N–H and O–H groups in total. The third kappa shape index (κ3) is 7.49. The third-order valence-corrected chi connectivity index (χ3v) is 7.01. The molecule has 5 nitrogen and oxygen atoms in total. The van der Waals surface area contributed by atoms with Crippen molar-refractivity contribution in [2.75, 3.05) is 11.5 Å². The molecule has 1 aromatic rings. The van der Waals surface area contributed by atoms with Gasteiger partial charge in [-0.2, -0.15) is 11.8 Å². The van der Waals surface area contributed by atoms with Crippen LogP contribution in [0.15, 0.2) is 40.8 Å². The second-order valence-corrected chi connectivity index (χ2v) is 9.49. The van der Waals surface area contributed by atoms with Crippen molar-refractivity contribution in [1.82, 2.24) is 0 Å². The molecule has 3 rings (SSSR count). The van der Waals surface area contributed by atoms with Crippen molar-refractivity contribution in [1.29, 1.82) is 0 Å². The van der Waals surface area contributed by atoms with E-state index in [1.165, 1.54) is 12.2 Å². The minimum absolute atomic E-state index is 0. The molecule has 1 heterocycles. The number of allylic oxidation sites excluding steroid dienone is 2. The summed E-state index contributed by atoms with van der Waals surface area (Å²) in [5.41, 5.74) is 0.672. The van der Waals surface area contributed by atoms with Crippen LogP contribution in [0.2, 0.25) is 5.02 Å². The zero-order chi connectivity index (χ0) is 21.5. The number of oxime groups is 1. The van der Waals surface area contributed by atoms with Crippen molar-refractivity contribution < 1.29 is 38.3 Å². The number of nitrogens with zero attached hydrogens (tertiary/aromatic N) is 1. The molecule has 2 aliphatic rings. The molecule has 1 aromatic carbocycles. The van der Waals surface area contributed by atoms with Crippen molar-refractivity contribution in [2.24, 2.45) is 17.0 Å². The Kier molecular flexibility index (Phi) is 10.9. The van der Waals surface area contributed by atoms with Gasteiger partial charge in [-0.1, -0.05) is 30.1 Å². The zero-order valence-corrected chi connectivity index (χ0v) is 20.1. The Morgan fingerprint density at radius 1 is 1.29 bits per heavy atom. The number of benzene rings is 1. The molecule has 1 aliphatic carbocycles. The number of carbonyl (C=O) groups excluding carboxylic acids is 1. The van der Waals surface area contributed by atoms with Gasteiger partial charge in [0.1, 0.15) is 5.75 Å². The van der Waals surface area contributed by atoms with Gasteiger partial charge in [0.2, 0.25) is 0 Å². The van der Waals surface area contributed by atoms with Crippen LogP contribution in [-0.4, -0.2) is 29.3 Å². The average Bonchev–Trinajstić information content (AvgIpc) is 2.73. The first-order chi connectivity index (χ1) is 14.5. The molecule has 1 saturated heterocycles. The fraction of sp³-hybridized carbons (Fsp3) is 0.565. The Labute approximate surface area is 206 Å². The van der Waals surface area contributed by atoms with Gasteiger partial charge in [0.25, 0.3) is 6.29 Å². The number of hydrogen-bond acceptors (Lipinski definition) is 6. The van der Waals surface area contributed by atoms with Gasteiger partial charge in [0.05, 0.1) is 5.71 Å². The van der Waals surface area contributed by atoms with Crippen LogP contribution in [0.4, 0.5) is 0 Å². The van der Waals surface area contributed by atoms with Crippen LogP contribution in [0.3, 0.4) is 0 Å². The normalized spacial score (nSPS) is 23.2. The Hall–Kier alpha value is -1.06. The van der Waals surface area contributed by atoms with E-state index >= 15 is 0 Å². The standard InChI is InChI=1S/C23H30ClNO4S.Li/c1-3-5-20(25-29-15(2)28-19-9-7-18(24)8-10-19)23-21(26)12-17(13-22(23)27)16-6-4-11-30-14-16;/h7-10,15-17,26H,3-6,11-14H2,1-2H3;/q;+1/p-1/b25-20+;. The first kappa shape index (κ1) is 26.2. The van der Waals surface area contributed by atoms with Crippen LogP contribution < -0.4 is 28.7 Å². The molecule has 0 aromatic heterocycles. The van der Waals surface area contributed by atoms with Gasteiger partial charge in [-0.05, 0) is 73.3 Å². The van der Waals surface area contributed by atoms with Gasteiger partial charge < -0.3 is 14.7 Å². The summed E-state index contributed by atoms with van der Waals surface area (Å²) in [5, 5.41) is 17.7. The first-order valence-electron chi connectivity index (χ1n) is 10.6. The Balaban J connectivity index is 0.00000341. The molecule has 1 aliphatic heterocycles. The number of ether oxygens (including phenoxy) is 1. The summed E-state index contributed by atoms with van der Waals surface area (Å²) in [6, 6.07) is 6.94. The van der Waals surface area contributed by atoms with E-state index in [0.717, 1.165) is 18.6 Å². The first-order valence-corrected chi connectivity index (χ1v) is 12.2. The van der Waals surface area contributed by atoms with E-state index in [2.05, 4.69) is 5.16 Å². The van der Waals surface area contributed by atoms with E-state index in [4.69, 9.17) is 21.2 Å². The van der Waals surface area contributed by atoms with E-state index in [0.29, 0.717) is 41.7 Å². The minimum Gasteiger partial charge on any atom is -0.875 e. The molecular formula is C23H29ClLiNO4S. The minimum atomic E-state index is -0.667. The summed E-state index contributed by atoms with van der Waals surface area (Å²) in [6.45, 7) is 3.71. The predicted molar refractivity (Wildman–Crippen MR) is 120 cm³/mol. The maximum absolute atomic E-state index is 12.9. The largest absolute Gasteiger partial charge is 1.00 e. The fourth-order valence-electron chi connectivity index (χ4n) is 4.02. The monoisotopic (exact) mass is 457 g/mol. The van der Waals surface area contributed by atoms with Crippen molar-refractivity contribution in [3.8, 4) is 5.75 Å². The molecule has 31 heavy (non-hydrogen) atoms. The molecule has 3 unspecified atom stereocenters. The Morgan fingerprint density at radius 3 is 2.65 bits per heavy atom. The number of rotatable bonds is 8. The summed E-state index contributed by atoms with van der Waals surface area (Å²) in [6.07, 6.45) is 3.78. The van der Waals surface area contributed by atoms with Crippen LogP contribution in [-0.2, 0) is 9.63 Å². The van der Waals surface area contributed by atoms with Crippen LogP contribution in [0.5, 0.6) is 5.75 Å². The van der Waals surface area contributed by atoms with Crippen LogP contribution in [0, 0.1) is 11.8 Å². The summed E-state index contributed by atoms with van der Waals surface area (Å²) < 4.78 is 5.67. The summed E-state index contributed by atoms with van der Waals surface area (Å²) in [7, 11) is 0. The van der Waals surface area contributed by atoms with Crippen molar-refractivity contribution >= 4 is 34.9 Å². The number of Topliss-reactive ketones (excluding diaryl/α,β-unsaturated/α-hetero) is 1. The molecule has 8 heteroatoms. The smallest absolute Gasteiger partial charge is 0.875 e. The molecule has 1 fully saturated rings. The van der Waals surface area contributed by atoms with E-state index in [-0.39, 0.29) is 41.9 Å². The van der Waals surface area contributed by atoms with E-state index < -0.39 is 6.29 Å². The fourth-order valence-corrected chi connectivity index (χ4v) is 5.42. The average molecular weight is 458 g/mol. The van der Waals surface area contributed by atoms with Crippen LogP contribution >= 0.6 is 23.4 Å². The molecule has 0 spiro atoms. The van der Waals surface area contributed by atoms with E-state index in [1.807, 2.05) is 18.7 Å². The second kappa shape index (κ2) is 12.8. The number of halogens is 1. The number of thioether (sulfide) groups is 1. The number of ketones is 1. The van der Waals surface area contributed by atoms with Gasteiger partial charge in [-0.3, -0.25) is 4.79 Å². The van der Waals surface area contributed by atoms with E-state index in [9.17, 15) is 9.90 Å². The summed E-state index contributed by atoms with van der Waals surface area (Å²) >= 11 is 7.82. The zero-order valence-electron chi connectivity index (χ0n) is 18.6. The molecule has 0 amide bonds. The maximum Gasteiger partial charge on any atom is 1.00 e. The third-order valence-electron chi connectivity index (χ3n) is 5.52. The van der Waals surface area contributed by atoms with Gasteiger partial charge in [0, 0.05) is 23.9 Å². The van der Waals surface area contributed by atoms with E-state index in [1.54, 1.807) is 31.2 Å². The topological polar surface area (TPSA) is 70.9 Å². The molecule has 164 valence electrons. The van der Waals surface area contributed by atoms with Crippen LogP contribution in [0.25, 0.3) is 0 Å². The molecule has 0 saturated carbocycles. The maximum atomic E-state index is 12.9. The van der Waals surface area contributed by atoms with Gasteiger partial charge in [-0.25, -0.2) is 0 Å². The predicted octanol–water partition coefficient (Wildman–Crippen LogP) is 1.98. The SMILES string of the molecule is CCC/C(=N\OC(C)Oc1ccc(Cl)cc1)C1=C([O-])CC(C2CCCSC2)CC1=O.[Li+]. The van der Waals surface area contributed by atoms with Gasteiger partial charge in [-0.15, -0.1) is 5.76 Å². The van der Waals surface area contributed by atoms with Crippen molar-refractivity contribution in [3.63, 3.8) is 0 Å². The van der Waals surface area contributed by atoms with Crippen molar-refractivity contribution in [3.05, 3.63) is 40.6 Å². The van der Waals surface area contributed by atoms with Gasteiger partial charge >= 0.3 is 18.9 Å². The number of hydrogen-bond donors (Lipinski definition) is 0. The molecule has 0 radical (unpaired) electrons. The van der Waals surface area contributed by atoms with Gasteiger partial charge in [0.15, 0.2) is 5.78 Å². The molecule has 0 bridgehead atoms. The Morgan fingerprint density at radius 2 is 2.03 bits per heavy atom. The van der Waals surface area contributed by atoms with Crippen LogP contribution in [0.1, 0.15) is 52.4 Å². The quantitative estimate of drug-likeness (QED) is 0.258. The van der Waals surface area contributed by atoms with Crippen molar-refractivity contribution in [2.45, 2.75) is 58.7 Å². The second-order valence-electron chi connectivity index (χ2n) is 7.90. The molecular weight excluding hydrogens is 429 g/mol. The number of carbonyl (C=O) groups is 1. The molecule has 3 atom stereocenters. The summed E-state index contributed by atoms with van der Waals surface area (Å²) in [5.74, 6) is 3.29.